The summed E-state index contributed by atoms with van der Waals surface area (Å²) in [6.07, 6.45) is -10.6. The van der Waals surface area contributed by atoms with Crippen molar-refractivity contribution in [1.82, 2.24) is 0 Å². The lowest BCUT2D eigenvalue weighted by atomic mass is 9.98. The fraction of sp³-hybridized carbons (Fsp3) is 0.370. The van der Waals surface area contributed by atoms with Crippen LogP contribution < -0.4 is 10.2 Å². The number of aliphatic hydroxyl groups excluding tert-OH is 3. The number of benzene rings is 2. The quantitative estimate of drug-likeness (QED) is 0.151. The van der Waals surface area contributed by atoms with Gasteiger partial charge >= 0.3 is 11.9 Å². The van der Waals surface area contributed by atoms with Gasteiger partial charge in [-0.1, -0.05) is 0 Å². The maximum Gasteiger partial charge on any atom is 0.308 e. The molecule has 4 rings (SSSR count). The second-order valence-corrected chi connectivity index (χ2v) is 10.0. The average Bonchev–Trinajstić information content (AvgIpc) is 2.88. The van der Waals surface area contributed by atoms with Crippen LogP contribution in [0.15, 0.2) is 45.6 Å². The topological polar surface area (TPSA) is 254 Å². The van der Waals surface area contributed by atoms with Crippen molar-refractivity contribution in [3.63, 3.8) is 0 Å². The van der Waals surface area contributed by atoms with Crippen LogP contribution in [0.4, 0.5) is 0 Å². The maximum absolute atomic E-state index is 13.5. The van der Waals surface area contributed by atoms with E-state index in [0.29, 0.717) is 0 Å². The summed E-state index contributed by atoms with van der Waals surface area (Å²) < 4.78 is 21.9. The third-order valence-electron chi connectivity index (χ3n) is 6.42. The lowest BCUT2D eigenvalue weighted by molar-refractivity contribution is -0.278. The molecule has 2 heterocycles. The van der Waals surface area contributed by atoms with Crippen molar-refractivity contribution in [3.05, 3.63) is 46.6 Å². The van der Waals surface area contributed by atoms with E-state index in [1.54, 1.807) is 0 Å². The molecule has 1 aliphatic heterocycles. The van der Waals surface area contributed by atoms with E-state index in [9.17, 15) is 50.1 Å². The zero-order valence-corrected chi connectivity index (χ0v) is 21.9. The second kappa shape index (κ2) is 11.8. The molecule has 8 N–H and O–H groups in total. The predicted molar refractivity (Wildman–Crippen MR) is 139 cm³/mol. The zero-order chi connectivity index (χ0) is 30.9. The van der Waals surface area contributed by atoms with Crippen molar-refractivity contribution >= 4 is 22.9 Å². The minimum atomic E-state index is -1.96. The summed E-state index contributed by atoms with van der Waals surface area (Å²) in [6.45, 7) is 0.377. The molecule has 0 saturated carbocycles. The van der Waals surface area contributed by atoms with Crippen LogP contribution >= 0.6 is 0 Å². The number of carbonyl (C=O) groups excluding carboxylic acids is 1. The number of fused-ring (bicyclic) bond motifs is 1. The van der Waals surface area contributed by atoms with Crippen LogP contribution in [0.3, 0.4) is 0 Å². The number of aliphatic hydroxyl groups is 4. The smallest absolute Gasteiger partial charge is 0.308 e. The van der Waals surface area contributed by atoms with E-state index >= 15 is 0 Å². The van der Waals surface area contributed by atoms with Crippen LogP contribution in [0.2, 0.25) is 0 Å². The van der Waals surface area contributed by atoms with Crippen molar-refractivity contribution in [3.8, 4) is 34.3 Å². The van der Waals surface area contributed by atoms with E-state index in [1.807, 2.05) is 0 Å². The van der Waals surface area contributed by atoms with Gasteiger partial charge in [-0.3, -0.25) is 14.4 Å². The molecule has 0 amide bonds. The molecule has 2 aromatic carbocycles. The van der Waals surface area contributed by atoms with Gasteiger partial charge in [-0.25, -0.2) is 0 Å². The number of aliphatic carboxylic acids is 1. The molecule has 15 nitrogen and oxygen atoms in total. The summed E-state index contributed by atoms with van der Waals surface area (Å²) in [7, 11) is 0. The molecule has 0 aliphatic carbocycles. The van der Waals surface area contributed by atoms with E-state index in [-0.39, 0.29) is 22.7 Å². The standard InChI is InChI=1S/C27H28O15/c1-27(38,8-17(31)32)9-18(33)39-10-16-20(34)22(36)23(37)26(41-16)42-25-21(35)19-14(30)6-13(29)7-15(19)40-24(25)11-2-4-12(28)5-3-11/h2-7,16,20,22-23,26,28-30,34,36-38H,8-10H2,1H3,(H,31,32)/t16-,20+,22+,23-,26+,27?/m1/s1. The molecule has 3 aromatic rings. The lowest BCUT2D eigenvalue weighted by Crippen LogP contribution is -2.60. The number of phenolic OH excluding ortho intramolecular Hbond substituents is 3. The van der Waals surface area contributed by atoms with Crippen LogP contribution in [-0.2, 0) is 19.1 Å². The number of carboxylic acids is 1. The Kier molecular flexibility index (Phi) is 8.60. The van der Waals surface area contributed by atoms with Gasteiger partial charge < -0.3 is 59.5 Å². The van der Waals surface area contributed by atoms with Crippen molar-refractivity contribution < 1.29 is 69.1 Å². The second-order valence-electron chi connectivity index (χ2n) is 10.0. The number of ether oxygens (including phenoxy) is 3. The Hall–Kier alpha value is -4.41. The van der Waals surface area contributed by atoms with Gasteiger partial charge in [0.1, 0.15) is 59.2 Å². The van der Waals surface area contributed by atoms with Crippen LogP contribution in [0.5, 0.6) is 23.0 Å². The fourth-order valence-corrected chi connectivity index (χ4v) is 4.37. The van der Waals surface area contributed by atoms with Gasteiger partial charge in [0, 0.05) is 17.7 Å². The monoisotopic (exact) mass is 592 g/mol. The third-order valence-corrected chi connectivity index (χ3v) is 6.42. The molecular weight excluding hydrogens is 564 g/mol. The molecule has 6 atom stereocenters. The Morgan fingerprint density at radius 2 is 1.62 bits per heavy atom. The Morgan fingerprint density at radius 1 is 0.952 bits per heavy atom. The molecule has 1 aromatic heterocycles. The molecule has 15 heteroatoms. The number of hydrogen-bond acceptors (Lipinski definition) is 14. The molecule has 42 heavy (non-hydrogen) atoms. The molecule has 0 radical (unpaired) electrons. The highest BCUT2D eigenvalue weighted by Crippen LogP contribution is 2.37. The summed E-state index contributed by atoms with van der Waals surface area (Å²) in [4.78, 5) is 36.5. The third kappa shape index (κ3) is 6.56. The highest BCUT2D eigenvalue weighted by atomic mass is 16.7. The Morgan fingerprint density at radius 3 is 2.26 bits per heavy atom. The minimum Gasteiger partial charge on any atom is -0.508 e. The first-order valence-corrected chi connectivity index (χ1v) is 12.4. The number of aromatic hydroxyl groups is 3. The first-order valence-electron chi connectivity index (χ1n) is 12.4. The molecule has 0 spiro atoms. The summed E-state index contributed by atoms with van der Waals surface area (Å²) in [5, 5.41) is 79.8. The summed E-state index contributed by atoms with van der Waals surface area (Å²) in [5.41, 5.74) is -2.98. The van der Waals surface area contributed by atoms with Gasteiger partial charge in [-0.05, 0) is 31.2 Å². The summed E-state index contributed by atoms with van der Waals surface area (Å²) >= 11 is 0. The number of esters is 1. The first kappa shape index (κ1) is 30.5. The van der Waals surface area contributed by atoms with E-state index in [4.69, 9.17) is 23.7 Å². The number of carbonyl (C=O) groups is 2. The summed E-state index contributed by atoms with van der Waals surface area (Å²) in [5.74, 6) is -4.52. The van der Waals surface area contributed by atoms with Crippen molar-refractivity contribution in [1.29, 1.82) is 0 Å². The summed E-state index contributed by atoms with van der Waals surface area (Å²) in [6, 6.07) is 7.20. The molecule has 1 aliphatic rings. The molecule has 226 valence electrons. The van der Waals surface area contributed by atoms with Gasteiger partial charge in [0.05, 0.1) is 18.4 Å². The van der Waals surface area contributed by atoms with E-state index < -0.39 is 95.8 Å². The normalized spacial score (nSPS) is 23.7. The highest BCUT2D eigenvalue weighted by Gasteiger charge is 2.46. The van der Waals surface area contributed by atoms with Crippen molar-refractivity contribution in [2.45, 2.75) is 56.1 Å². The lowest BCUT2D eigenvalue weighted by Gasteiger charge is -2.39. The van der Waals surface area contributed by atoms with Gasteiger partial charge in [0.2, 0.25) is 17.5 Å². The number of phenols is 3. The molecule has 0 bridgehead atoms. The largest absolute Gasteiger partial charge is 0.508 e. The zero-order valence-electron chi connectivity index (χ0n) is 21.9. The molecule has 1 unspecified atom stereocenters. The molecule has 1 saturated heterocycles. The van der Waals surface area contributed by atoms with E-state index in [0.717, 1.165) is 19.1 Å². The van der Waals surface area contributed by atoms with Gasteiger partial charge in [-0.15, -0.1) is 0 Å². The van der Waals surface area contributed by atoms with Crippen LogP contribution in [0, 0.1) is 0 Å². The average molecular weight is 593 g/mol. The van der Waals surface area contributed by atoms with Gasteiger partial charge in [-0.2, -0.15) is 0 Å². The van der Waals surface area contributed by atoms with Gasteiger partial charge in [0.25, 0.3) is 0 Å². The van der Waals surface area contributed by atoms with Crippen molar-refractivity contribution in [2.24, 2.45) is 0 Å². The highest BCUT2D eigenvalue weighted by molar-refractivity contribution is 5.88. The van der Waals surface area contributed by atoms with E-state index in [1.165, 1.54) is 24.3 Å². The SMILES string of the molecule is CC(O)(CC(=O)O)CC(=O)OC[C@H]1O[C@@H](Oc2c(-c3ccc(O)cc3)oc3cc(O)cc(O)c3c2=O)[C@H](O)[C@@H](O)[C@H]1O. The Balaban J connectivity index is 1.64. The first-order chi connectivity index (χ1) is 19.7. The van der Waals surface area contributed by atoms with Crippen LogP contribution in [0.25, 0.3) is 22.3 Å². The molecule has 1 fully saturated rings. The van der Waals surface area contributed by atoms with Crippen LogP contribution in [-0.4, -0.2) is 95.7 Å². The fourth-order valence-electron chi connectivity index (χ4n) is 4.37. The minimum absolute atomic E-state index is 0.121. The number of hydrogen-bond donors (Lipinski definition) is 8. The Bertz CT molecular complexity index is 1530. The maximum atomic E-state index is 13.5. The Labute approximate surface area is 236 Å². The van der Waals surface area contributed by atoms with Gasteiger partial charge in [0.15, 0.2) is 5.76 Å². The predicted octanol–water partition coefficient (Wildman–Crippen LogP) is -0.0778. The number of carboxylic acid groups (broad SMARTS) is 1. The van der Waals surface area contributed by atoms with E-state index in [2.05, 4.69) is 0 Å². The number of rotatable bonds is 9. The molecular formula is C27H28O15. The van der Waals surface area contributed by atoms with Crippen molar-refractivity contribution in [2.75, 3.05) is 6.61 Å². The van der Waals surface area contributed by atoms with Crippen LogP contribution in [0.1, 0.15) is 19.8 Å².